The van der Waals surface area contributed by atoms with Gasteiger partial charge in [-0.15, -0.1) is 0 Å². The number of hydrogen-bond acceptors (Lipinski definition) is 1. The molecule has 0 N–H and O–H groups in total. The van der Waals surface area contributed by atoms with Crippen LogP contribution in [0.2, 0.25) is 0 Å². The Kier molecular flexibility index (Phi) is 3.57. The van der Waals surface area contributed by atoms with Crippen molar-refractivity contribution in [3.05, 3.63) is 108 Å². The first-order valence-corrected chi connectivity index (χ1v) is 8.89. The molecule has 0 saturated carbocycles. The molecule has 1 heterocycles. The lowest BCUT2D eigenvalue weighted by Gasteiger charge is -2.18. The second-order valence-electron chi connectivity index (χ2n) is 6.61. The molecule has 0 spiro atoms. The fourth-order valence-electron chi connectivity index (χ4n) is 3.76. The lowest BCUT2D eigenvalue weighted by molar-refractivity contribution is 0.295. The number of rotatable bonds is 2. The molecule has 0 aromatic heterocycles. The predicted molar refractivity (Wildman–Crippen MR) is 110 cm³/mol. The molecule has 0 fully saturated rings. The van der Waals surface area contributed by atoms with Crippen molar-refractivity contribution in [2.75, 3.05) is 6.61 Å². The number of hydrogen-bond donors (Lipinski definition) is 0. The molecule has 0 radical (unpaired) electrons. The van der Waals surface area contributed by atoms with Gasteiger partial charge < -0.3 is 4.74 Å². The maximum atomic E-state index is 5.87. The molecule has 4 aromatic rings. The Morgan fingerprint density at radius 1 is 0.577 bits per heavy atom. The van der Waals surface area contributed by atoms with Gasteiger partial charge in [-0.2, -0.15) is 0 Å². The fourth-order valence-corrected chi connectivity index (χ4v) is 3.76. The number of fused-ring (bicyclic) bond motifs is 2. The summed E-state index contributed by atoms with van der Waals surface area (Å²) in [6.07, 6.45) is 4.16. The number of benzene rings is 4. The van der Waals surface area contributed by atoms with E-state index in [0.717, 1.165) is 5.57 Å². The summed E-state index contributed by atoms with van der Waals surface area (Å²) in [7, 11) is 0. The van der Waals surface area contributed by atoms with E-state index in [0.29, 0.717) is 6.61 Å². The molecule has 1 aliphatic rings. The van der Waals surface area contributed by atoms with Crippen molar-refractivity contribution in [2.24, 2.45) is 0 Å². The van der Waals surface area contributed by atoms with Crippen LogP contribution < -0.4 is 0 Å². The largest absolute Gasteiger partial charge is 0.496 e. The van der Waals surface area contributed by atoms with Crippen molar-refractivity contribution in [3.63, 3.8) is 0 Å². The van der Waals surface area contributed by atoms with Crippen LogP contribution in [-0.4, -0.2) is 6.61 Å². The van der Waals surface area contributed by atoms with Gasteiger partial charge in [0.2, 0.25) is 0 Å². The van der Waals surface area contributed by atoms with Gasteiger partial charge in [0.05, 0.1) is 6.26 Å². The topological polar surface area (TPSA) is 9.23 Å². The normalized spacial score (nSPS) is 14.0. The smallest absolute Gasteiger partial charge is 0.113 e. The van der Waals surface area contributed by atoms with Gasteiger partial charge in [0.25, 0.3) is 0 Å². The maximum absolute atomic E-state index is 5.87. The van der Waals surface area contributed by atoms with Gasteiger partial charge in [0.15, 0.2) is 0 Å². The summed E-state index contributed by atoms with van der Waals surface area (Å²) in [6.45, 7) is 0.599. The standard InChI is InChI=1S/C25H18O/c1-3-11-22-18(7-1)9-5-13-24(22)20-15-21(17-26-16-20)25-14-6-10-19-8-2-4-12-23(19)25/h1-16H,17H2. The van der Waals surface area contributed by atoms with Crippen LogP contribution in [0.5, 0.6) is 0 Å². The van der Waals surface area contributed by atoms with Crippen LogP contribution in [0.1, 0.15) is 11.1 Å². The molecule has 5 rings (SSSR count). The fraction of sp³-hybridized carbons (Fsp3) is 0.0400. The van der Waals surface area contributed by atoms with E-state index in [1.807, 2.05) is 6.26 Å². The van der Waals surface area contributed by atoms with Crippen molar-refractivity contribution in [3.8, 4) is 0 Å². The third-order valence-corrected chi connectivity index (χ3v) is 5.02. The molecule has 1 heteroatoms. The first-order valence-electron chi connectivity index (χ1n) is 8.89. The molecule has 124 valence electrons. The minimum atomic E-state index is 0.599. The average Bonchev–Trinajstić information content (AvgIpc) is 2.73. The van der Waals surface area contributed by atoms with Crippen LogP contribution in [0.3, 0.4) is 0 Å². The monoisotopic (exact) mass is 334 g/mol. The minimum absolute atomic E-state index is 0.599. The maximum Gasteiger partial charge on any atom is 0.113 e. The van der Waals surface area contributed by atoms with Gasteiger partial charge in [-0.05, 0) is 44.3 Å². The first kappa shape index (κ1) is 15.0. The highest BCUT2D eigenvalue weighted by Gasteiger charge is 2.14. The van der Waals surface area contributed by atoms with Crippen molar-refractivity contribution in [2.45, 2.75) is 0 Å². The van der Waals surface area contributed by atoms with Gasteiger partial charge in [-0.3, -0.25) is 0 Å². The van der Waals surface area contributed by atoms with E-state index in [4.69, 9.17) is 4.74 Å². The summed E-state index contributed by atoms with van der Waals surface area (Å²) < 4.78 is 5.87. The molecule has 26 heavy (non-hydrogen) atoms. The lowest BCUT2D eigenvalue weighted by Crippen LogP contribution is -2.01. The molecular weight excluding hydrogens is 316 g/mol. The summed E-state index contributed by atoms with van der Waals surface area (Å²) in [5, 5.41) is 5.02. The predicted octanol–water partition coefficient (Wildman–Crippen LogP) is 6.45. The molecule has 0 amide bonds. The van der Waals surface area contributed by atoms with Gasteiger partial charge in [0.1, 0.15) is 6.61 Å². The van der Waals surface area contributed by atoms with Crippen LogP contribution in [0, 0.1) is 0 Å². The van der Waals surface area contributed by atoms with Gasteiger partial charge >= 0.3 is 0 Å². The van der Waals surface area contributed by atoms with E-state index < -0.39 is 0 Å². The van der Waals surface area contributed by atoms with Crippen LogP contribution in [-0.2, 0) is 4.74 Å². The first-order chi connectivity index (χ1) is 12.9. The summed E-state index contributed by atoms with van der Waals surface area (Å²) in [5.74, 6) is 0. The summed E-state index contributed by atoms with van der Waals surface area (Å²) >= 11 is 0. The summed E-state index contributed by atoms with van der Waals surface area (Å²) in [5.41, 5.74) is 4.79. The van der Waals surface area contributed by atoms with Gasteiger partial charge in [0, 0.05) is 5.57 Å². The van der Waals surface area contributed by atoms with Crippen LogP contribution in [0.25, 0.3) is 32.7 Å². The quantitative estimate of drug-likeness (QED) is 0.409. The van der Waals surface area contributed by atoms with Crippen LogP contribution >= 0.6 is 0 Å². The Hall–Kier alpha value is -3.32. The minimum Gasteiger partial charge on any atom is -0.496 e. The second kappa shape index (κ2) is 6.20. The third kappa shape index (κ3) is 2.49. The Bertz CT molecular complexity index is 1170. The second-order valence-corrected chi connectivity index (χ2v) is 6.61. The number of allylic oxidation sites excluding steroid dienone is 2. The zero-order chi connectivity index (χ0) is 17.3. The molecule has 0 bridgehead atoms. The van der Waals surface area contributed by atoms with Crippen molar-refractivity contribution >= 4 is 32.7 Å². The van der Waals surface area contributed by atoms with Crippen LogP contribution in [0.15, 0.2) is 97.3 Å². The Balaban J connectivity index is 1.66. The molecule has 0 unspecified atom stereocenters. The molecule has 0 aliphatic carbocycles. The third-order valence-electron chi connectivity index (χ3n) is 5.02. The molecule has 1 nitrogen and oxygen atoms in total. The van der Waals surface area contributed by atoms with Gasteiger partial charge in [-0.25, -0.2) is 0 Å². The average molecular weight is 334 g/mol. The highest BCUT2D eigenvalue weighted by atomic mass is 16.5. The van der Waals surface area contributed by atoms with E-state index in [2.05, 4.69) is 91.0 Å². The molecule has 0 saturated heterocycles. The Labute approximate surface area is 152 Å². The Morgan fingerprint density at radius 3 is 1.88 bits per heavy atom. The van der Waals surface area contributed by atoms with Crippen molar-refractivity contribution in [1.82, 2.24) is 0 Å². The highest BCUT2D eigenvalue weighted by molar-refractivity contribution is 6.01. The van der Waals surface area contributed by atoms with Crippen LogP contribution in [0.4, 0.5) is 0 Å². The SMILES string of the molecule is C1=C(c2cccc3ccccc23)C=C(c2cccc3ccccc23)CO1. The van der Waals surface area contributed by atoms with Crippen molar-refractivity contribution in [1.29, 1.82) is 0 Å². The molecule has 4 aromatic carbocycles. The van der Waals surface area contributed by atoms with Gasteiger partial charge in [-0.1, -0.05) is 84.9 Å². The summed E-state index contributed by atoms with van der Waals surface area (Å²) in [4.78, 5) is 0. The lowest BCUT2D eigenvalue weighted by atomic mass is 9.93. The van der Waals surface area contributed by atoms with E-state index in [1.54, 1.807) is 0 Å². The van der Waals surface area contributed by atoms with E-state index in [9.17, 15) is 0 Å². The van der Waals surface area contributed by atoms with Crippen molar-refractivity contribution < 1.29 is 4.74 Å². The molecule has 0 atom stereocenters. The number of ether oxygens (including phenoxy) is 1. The Morgan fingerprint density at radius 2 is 1.15 bits per heavy atom. The molecule has 1 aliphatic heterocycles. The summed E-state index contributed by atoms with van der Waals surface area (Å²) in [6, 6.07) is 29.9. The highest BCUT2D eigenvalue weighted by Crippen LogP contribution is 2.33. The molecular formula is C25H18O. The van der Waals surface area contributed by atoms with E-state index >= 15 is 0 Å². The zero-order valence-electron chi connectivity index (χ0n) is 14.4. The zero-order valence-corrected chi connectivity index (χ0v) is 14.4. The van der Waals surface area contributed by atoms with E-state index in [1.165, 1.54) is 38.2 Å². The van der Waals surface area contributed by atoms with E-state index in [-0.39, 0.29) is 0 Å².